The van der Waals surface area contributed by atoms with E-state index in [1.165, 1.54) is 38.7 Å². The molecular formula is C28H26N2O7. The van der Waals surface area contributed by atoms with Crippen LogP contribution in [0.1, 0.15) is 23.8 Å². The summed E-state index contributed by atoms with van der Waals surface area (Å²) >= 11 is 0. The molecule has 0 aliphatic carbocycles. The predicted octanol–water partition coefficient (Wildman–Crippen LogP) is 4.54. The third-order valence-corrected chi connectivity index (χ3v) is 4.98. The molecule has 1 N–H and O–H groups in total. The van der Waals surface area contributed by atoms with E-state index in [0.29, 0.717) is 29.4 Å². The fourth-order valence-corrected chi connectivity index (χ4v) is 3.22. The maximum Gasteiger partial charge on any atom is 0.336 e. The molecule has 0 bridgehead atoms. The second kappa shape index (κ2) is 13.2. The molecule has 0 radical (unpaired) electrons. The zero-order valence-electron chi connectivity index (χ0n) is 20.6. The second-order valence-corrected chi connectivity index (χ2v) is 7.44. The van der Waals surface area contributed by atoms with Crippen molar-refractivity contribution < 1.29 is 33.0 Å². The molecule has 190 valence electrons. The number of ether oxygens (including phenoxy) is 4. The Labute approximate surface area is 214 Å². The monoisotopic (exact) mass is 502 g/mol. The van der Waals surface area contributed by atoms with E-state index in [4.69, 9.17) is 23.4 Å². The van der Waals surface area contributed by atoms with Crippen molar-refractivity contribution in [3.63, 3.8) is 0 Å². The first-order chi connectivity index (χ1) is 18.0. The molecule has 0 saturated heterocycles. The Morgan fingerprint density at radius 3 is 2.38 bits per heavy atom. The van der Waals surface area contributed by atoms with E-state index in [2.05, 4.69) is 5.32 Å². The van der Waals surface area contributed by atoms with Gasteiger partial charge in [-0.3, -0.25) is 4.79 Å². The molecule has 0 aliphatic rings. The van der Waals surface area contributed by atoms with Gasteiger partial charge in [0.1, 0.15) is 17.4 Å². The van der Waals surface area contributed by atoms with Gasteiger partial charge in [0.25, 0.3) is 5.91 Å². The quantitative estimate of drug-likeness (QED) is 0.176. The highest BCUT2D eigenvalue weighted by molar-refractivity contribution is 6.01. The number of benzene rings is 2. The van der Waals surface area contributed by atoms with Crippen LogP contribution in [-0.2, 0) is 16.1 Å². The lowest BCUT2D eigenvalue weighted by molar-refractivity contribution is -0.129. The molecule has 0 aliphatic heterocycles. The van der Waals surface area contributed by atoms with E-state index in [0.717, 1.165) is 5.56 Å². The fourth-order valence-electron chi connectivity index (χ4n) is 3.22. The lowest BCUT2D eigenvalue weighted by Crippen LogP contribution is -2.23. The normalized spacial score (nSPS) is 11.0. The number of rotatable bonds is 11. The highest BCUT2D eigenvalue weighted by Crippen LogP contribution is 2.30. The topological polar surface area (TPSA) is 120 Å². The number of nitriles is 1. The standard InChI is InChI=1S/C28H26N2O7/c1-4-35-23-10-7-19(15-25(23)33-2)9-12-27(31)37-24-11-8-20(16-26(24)34-3)14-21(17-29)28(32)30-18-22-6-5-13-36-22/h5-16H,4,18H2,1-3H3,(H,30,32)/b12-9+,21-14+. The van der Waals surface area contributed by atoms with Gasteiger partial charge in [-0.2, -0.15) is 5.26 Å². The molecule has 0 spiro atoms. The van der Waals surface area contributed by atoms with Crippen LogP contribution in [0.3, 0.4) is 0 Å². The van der Waals surface area contributed by atoms with E-state index in [1.807, 2.05) is 13.0 Å². The van der Waals surface area contributed by atoms with Gasteiger partial charge in [0, 0.05) is 6.08 Å². The number of carbonyl (C=O) groups excluding carboxylic acids is 2. The lowest BCUT2D eigenvalue weighted by Gasteiger charge is -2.10. The Balaban J connectivity index is 1.68. The first-order valence-electron chi connectivity index (χ1n) is 11.3. The minimum atomic E-state index is -0.621. The Bertz CT molecular complexity index is 1340. The number of methoxy groups -OCH3 is 2. The van der Waals surface area contributed by atoms with Gasteiger partial charge < -0.3 is 28.7 Å². The molecule has 0 atom stereocenters. The smallest absolute Gasteiger partial charge is 0.336 e. The van der Waals surface area contributed by atoms with Gasteiger partial charge in [0.15, 0.2) is 23.0 Å². The average molecular weight is 503 g/mol. The Morgan fingerprint density at radius 2 is 1.70 bits per heavy atom. The van der Waals surface area contributed by atoms with E-state index in [9.17, 15) is 14.9 Å². The van der Waals surface area contributed by atoms with Crippen molar-refractivity contribution >= 4 is 24.0 Å². The number of nitrogens with zero attached hydrogens (tertiary/aromatic N) is 1. The molecule has 2 aromatic carbocycles. The summed E-state index contributed by atoms with van der Waals surface area (Å²) in [5.74, 6) is 0.987. The van der Waals surface area contributed by atoms with Crippen LogP contribution in [0.5, 0.6) is 23.0 Å². The van der Waals surface area contributed by atoms with Gasteiger partial charge in [-0.15, -0.1) is 0 Å². The summed E-state index contributed by atoms with van der Waals surface area (Å²) in [5, 5.41) is 12.0. The number of furan rings is 1. The molecule has 3 rings (SSSR count). The molecule has 3 aromatic rings. The maximum atomic E-state index is 12.4. The van der Waals surface area contributed by atoms with Crippen molar-refractivity contribution in [2.24, 2.45) is 0 Å². The molecule has 0 saturated carbocycles. The van der Waals surface area contributed by atoms with E-state index >= 15 is 0 Å². The van der Waals surface area contributed by atoms with Crippen molar-refractivity contribution in [2.75, 3.05) is 20.8 Å². The third-order valence-electron chi connectivity index (χ3n) is 4.98. The van der Waals surface area contributed by atoms with Crippen LogP contribution in [0.2, 0.25) is 0 Å². The number of carbonyl (C=O) groups is 2. The van der Waals surface area contributed by atoms with Crippen LogP contribution in [-0.4, -0.2) is 32.7 Å². The highest BCUT2D eigenvalue weighted by Gasteiger charge is 2.13. The van der Waals surface area contributed by atoms with Gasteiger partial charge in [-0.1, -0.05) is 12.1 Å². The van der Waals surface area contributed by atoms with Crippen molar-refractivity contribution in [3.8, 4) is 29.1 Å². The first kappa shape index (κ1) is 26.6. The van der Waals surface area contributed by atoms with Gasteiger partial charge >= 0.3 is 5.97 Å². The largest absolute Gasteiger partial charge is 0.493 e. The van der Waals surface area contributed by atoms with Gasteiger partial charge in [0.05, 0.1) is 33.6 Å². The van der Waals surface area contributed by atoms with Gasteiger partial charge in [-0.25, -0.2) is 4.79 Å². The number of esters is 1. The minimum absolute atomic E-state index is 0.105. The molecule has 0 unspecified atom stereocenters. The average Bonchev–Trinajstić information content (AvgIpc) is 3.44. The summed E-state index contributed by atoms with van der Waals surface area (Å²) in [6.07, 6.45) is 5.77. The summed E-state index contributed by atoms with van der Waals surface area (Å²) in [6, 6.07) is 15.3. The van der Waals surface area contributed by atoms with Crippen molar-refractivity contribution in [2.45, 2.75) is 13.5 Å². The fraction of sp³-hybridized carbons (Fsp3) is 0.179. The van der Waals surface area contributed by atoms with E-state index in [-0.39, 0.29) is 23.6 Å². The number of nitrogens with one attached hydrogen (secondary N) is 1. The van der Waals surface area contributed by atoms with Gasteiger partial charge in [-0.05, 0) is 66.6 Å². The number of amides is 1. The van der Waals surface area contributed by atoms with Crippen LogP contribution in [0.25, 0.3) is 12.2 Å². The maximum absolute atomic E-state index is 12.4. The van der Waals surface area contributed by atoms with Crippen LogP contribution in [0, 0.1) is 11.3 Å². The number of hydrogen-bond donors (Lipinski definition) is 1. The molecular weight excluding hydrogens is 476 g/mol. The molecule has 0 fully saturated rings. The Morgan fingerprint density at radius 1 is 1.00 bits per heavy atom. The third kappa shape index (κ3) is 7.50. The first-order valence-corrected chi connectivity index (χ1v) is 11.3. The van der Waals surface area contributed by atoms with Crippen LogP contribution < -0.4 is 24.3 Å². The minimum Gasteiger partial charge on any atom is -0.493 e. The highest BCUT2D eigenvalue weighted by atomic mass is 16.6. The van der Waals surface area contributed by atoms with Gasteiger partial charge in [0.2, 0.25) is 0 Å². The summed E-state index contributed by atoms with van der Waals surface area (Å²) in [7, 11) is 2.96. The number of hydrogen-bond acceptors (Lipinski definition) is 8. The van der Waals surface area contributed by atoms with Crippen LogP contribution in [0.4, 0.5) is 0 Å². The van der Waals surface area contributed by atoms with Crippen LogP contribution in [0.15, 0.2) is 70.9 Å². The molecule has 9 nitrogen and oxygen atoms in total. The van der Waals surface area contributed by atoms with Crippen molar-refractivity contribution in [1.82, 2.24) is 5.32 Å². The zero-order valence-corrected chi connectivity index (χ0v) is 20.6. The molecule has 1 aromatic heterocycles. The van der Waals surface area contributed by atoms with E-state index < -0.39 is 11.9 Å². The molecule has 1 amide bonds. The Kier molecular flexibility index (Phi) is 9.51. The SMILES string of the molecule is CCOc1ccc(/C=C/C(=O)Oc2ccc(/C=C(\C#N)C(=O)NCc3ccco3)cc2OC)cc1OC. The van der Waals surface area contributed by atoms with Crippen LogP contribution >= 0.6 is 0 Å². The summed E-state index contributed by atoms with van der Waals surface area (Å²) in [4.78, 5) is 24.8. The van der Waals surface area contributed by atoms with Crippen molar-refractivity contribution in [3.05, 3.63) is 83.3 Å². The summed E-state index contributed by atoms with van der Waals surface area (Å²) in [5.41, 5.74) is 1.13. The zero-order chi connectivity index (χ0) is 26.6. The summed E-state index contributed by atoms with van der Waals surface area (Å²) in [6.45, 7) is 2.54. The lowest BCUT2D eigenvalue weighted by atomic mass is 10.1. The molecule has 1 heterocycles. The summed E-state index contributed by atoms with van der Waals surface area (Å²) < 4.78 is 26.7. The van der Waals surface area contributed by atoms with Crippen molar-refractivity contribution in [1.29, 1.82) is 5.26 Å². The molecule has 37 heavy (non-hydrogen) atoms. The molecule has 9 heteroatoms. The predicted molar refractivity (Wildman–Crippen MR) is 136 cm³/mol. The van der Waals surface area contributed by atoms with E-state index in [1.54, 1.807) is 48.5 Å². The second-order valence-electron chi connectivity index (χ2n) is 7.44. The Hall–Kier alpha value is -4.97.